The van der Waals surface area contributed by atoms with Crippen molar-refractivity contribution < 1.29 is 13.2 Å². The summed E-state index contributed by atoms with van der Waals surface area (Å²) < 4.78 is 37.7. The molecule has 3 heteroatoms. The van der Waals surface area contributed by atoms with E-state index in [2.05, 4.69) is 0 Å². The summed E-state index contributed by atoms with van der Waals surface area (Å²) in [6, 6.07) is 0. The van der Waals surface area contributed by atoms with Gasteiger partial charge in [-0.15, -0.1) is 0 Å². The first-order valence-electron chi connectivity index (χ1n) is 4.18. The summed E-state index contributed by atoms with van der Waals surface area (Å²) in [5, 5.41) is 0. The average Bonchev–Trinajstić information content (AvgIpc) is 2.43. The highest BCUT2D eigenvalue weighted by molar-refractivity contribution is 5.16. The van der Waals surface area contributed by atoms with Crippen molar-refractivity contribution >= 4 is 0 Å². The Morgan fingerprint density at radius 1 is 1.33 bits per heavy atom. The Kier molecular flexibility index (Phi) is 1.40. The molecule has 3 unspecified atom stereocenters. The second-order valence-corrected chi connectivity index (χ2v) is 4.11. The number of rotatable bonds is 0. The second kappa shape index (κ2) is 2.06. The highest BCUT2D eigenvalue weighted by Gasteiger charge is 2.60. The van der Waals surface area contributed by atoms with Gasteiger partial charge in [-0.2, -0.15) is 13.2 Å². The van der Waals surface area contributed by atoms with Crippen molar-refractivity contribution in [1.82, 2.24) is 0 Å². The molecule has 2 bridgehead atoms. The number of halogens is 3. The summed E-state index contributed by atoms with van der Waals surface area (Å²) in [6.07, 6.45) is 0.630. The van der Waals surface area contributed by atoms with Gasteiger partial charge in [-0.3, -0.25) is 0 Å². The van der Waals surface area contributed by atoms with Gasteiger partial charge in [0.05, 0.1) is 5.41 Å². The van der Waals surface area contributed by atoms with Crippen molar-refractivity contribution in [3.05, 3.63) is 12.2 Å². The number of allylic oxidation sites excluding steroid dienone is 2. The maximum absolute atomic E-state index is 12.6. The predicted octanol–water partition coefficient (Wildman–Crippen LogP) is 3.15. The van der Waals surface area contributed by atoms with E-state index >= 15 is 0 Å². The largest absolute Gasteiger partial charge is 0.394 e. The van der Waals surface area contributed by atoms with E-state index in [0.717, 1.165) is 0 Å². The molecule has 0 radical (unpaired) electrons. The van der Waals surface area contributed by atoms with Gasteiger partial charge in [0.15, 0.2) is 0 Å². The molecule has 68 valence electrons. The van der Waals surface area contributed by atoms with Gasteiger partial charge in [0.25, 0.3) is 0 Å². The quantitative estimate of drug-likeness (QED) is 0.497. The molecule has 0 saturated heterocycles. The Hall–Kier alpha value is -0.470. The lowest BCUT2D eigenvalue weighted by molar-refractivity contribution is -0.226. The number of fused-ring (bicyclic) bond motifs is 2. The molecular weight excluding hydrogens is 165 g/mol. The van der Waals surface area contributed by atoms with Crippen LogP contribution < -0.4 is 0 Å². The van der Waals surface area contributed by atoms with Crippen molar-refractivity contribution in [2.45, 2.75) is 25.9 Å². The topological polar surface area (TPSA) is 0 Å². The third-order valence-corrected chi connectivity index (χ3v) is 3.32. The van der Waals surface area contributed by atoms with E-state index in [4.69, 9.17) is 0 Å². The van der Waals surface area contributed by atoms with Crippen molar-refractivity contribution in [3.63, 3.8) is 0 Å². The summed E-state index contributed by atoms with van der Waals surface area (Å²) in [5.41, 5.74) is -1.44. The zero-order valence-corrected chi connectivity index (χ0v) is 6.86. The molecule has 1 saturated carbocycles. The Labute approximate surface area is 69.5 Å². The fourth-order valence-corrected chi connectivity index (χ4v) is 2.42. The lowest BCUT2D eigenvalue weighted by atomic mass is 9.77. The van der Waals surface area contributed by atoms with E-state index in [1.165, 1.54) is 6.92 Å². The van der Waals surface area contributed by atoms with Gasteiger partial charge in [-0.25, -0.2) is 0 Å². The summed E-state index contributed by atoms with van der Waals surface area (Å²) in [5.74, 6) is -0.0795. The molecule has 0 amide bonds. The minimum atomic E-state index is -4.03. The molecule has 2 rings (SSSR count). The minimum absolute atomic E-state index is 0.182. The lowest BCUT2D eigenvalue weighted by Crippen LogP contribution is -2.38. The van der Waals surface area contributed by atoms with Crippen LogP contribution in [-0.2, 0) is 0 Å². The number of hydrogen-bond acceptors (Lipinski definition) is 0. The van der Waals surface area contributed by atoms with Crippen LogP contribution in [-0.4, -0.2) is 6.18 Å². The lowest BCUT2D eigenvalue weighted by Gasteiger charge is -2.33. The Bertz CT molecular complexity index is 228. The summed E-state index contributed by atoms with van der Waals surface area (Å²) in [7, 11) is 0. The van der Waals surface area contributed by atoms with Crippen LogP contribution in [0, 0.1) is 17.3 Å². The van der Waals surface area contributed by atoms with Crippen LogP contribution in [0.5, 0.6) is 0 Å². The SMILES string of the molecule is CC1(C(F)(F)F)CC2C=CC1C2. The van der Waals surface area contributed by atoms with Crippen LogP contribution >= 0.6 is 0 Å². The molecule has 0 heterocycles. The van der Waals surface area contributed by atoms with Crippen molar-refractivity contribution in [2.24, 2.45) is 17.3 Å². The van der Waals surface area contributed by atoms with Crippen LogP contribution in [0.25, 0.3) is 0 Å². The molecule has 2 aliphatic carbocycles. The van der Waals surface area contributed by atoms with Crippen LogP contribution in [0.2, 0.25) is 0 Å². The third kappa shape index (κ3) is 0.852. The van der Waals surface area contributed by atoms with Crippen LogP contribution in [0.3, 0.4) is 0 Å². The summed E-state index contributed by atoms with van der Waals surface area (Å²) in [4.78, 5) is 0. The zero-order chi connectivity index (χ0) is 8.98. The van der Waals surface area contributed by atoms with E-state index in [0.29, 0.717) is 6.42 Å². The van der Waals surface area contributed by atoms with E-state index in [1.807, 2.05) is 6.08 Å². The summed E-state index contributed by atoms with van der Waals surface area (Å²) in [6.45, 7) is 1.35. The molecule has 3 atom stereocenters. The maximum atomic E-state index is 12.6. The Balaban J connectivity index is 2.30. The predicted molar refractivity (Wildman–Crippen MR) is 39.5 cm³/mol. The summed E-state index contributed by atoms with van der Waals surface area (Å²) >= 11 is 0. The van der Waals surface area contributed by atoms with Gasteiger partial charge < -0.3 is 0 Å². The van der Waals surface area contributed by atoms with Gasteiger partial charge in [-0.1, -0.05) is 19.1 Å². The van der Waals surface area contributed by atoms with Crippen LogP contribution in [0.15, 0.2) is 12.2 Å². The van der Waals surface area contributed by atoms with Gasteiger partial charge in [0, 0.05) is 0 Å². The van der Waals surface area contributed by atoms with Crippen LogP contribution in [0.1, 0.15) is 19.8 Å². The zero-order valence-electron chi connectivity index (χ0n) is 6.86. The van der Waals surface area contributed by atoms with Crippen molar-refractivity contribution in [2.75, 3.05) is 0 Å². The molecular formula is C9H11F3. The molecule has 1 fully saturated rings. The molecule has 2 aliphatic rings. The molecule has 0 aromatic heterocycles. The van der Waals surface area contributed by atoms with Crippen molar-refractivity contribution in [1.29, 1.82) is 0 Å². The number of hydrogen-bond donors (Lipinski definition) is 0. The Morgan fingerprint density at radius 2 is 2.00 bits per heavy atom. The maximum Gasteiger partial charge on any atom is 0.394 e. The van der Waals surface area contributed by atoms with Gasteiger partial charge in [0.1, 0.15) is 0 Å². The normalized spacial score (nSPS) is 45.7. The molecule has 0 spiro atoms. The van der Waals surface area contributed by atoms with Gasteiger partial charge in [0.2, 0.25) is 0 Å². The number of alkyl halides is 3. The first-order valence-corrected chi connectivity index (χ1v) is 4.18. The molecule has 0 aromatic rings. The molecule has 0 aliphatic heterocycles. The molecule has 0 aromatic carbocycles. The van der Waals surface area contributed by atoms with E-state index < -0.39 is 11.6 Å². The first-order chi connectivity index (χ1) is 5.43. The Morgan fingerprint density at radius 3 is 2.25 bits per heavy atom. The highest BCUT2D eigenvalue weighted by atomic mass is 19.4. The molecule has 0 nitrogen and oxygen atoms in total. The standard InChI is InChI=1S/C9H11F3/c1-8(9(10,11)12)5-6-2-3-7(8)4-6/h2-3,6-7H,4-5H2,1H3. The minimum Gasteiger partial charge on any atom is -0.170 e. The van der Waals surface area contributed by atoms with E-state index in [9.17, 15) is 13.2 Å². The molecule has 0 N–H and O–H groups in total. The smallest absolute Gasteiger partial charge is 0.170 e. The van der Waals surface area contributed by atoms with E-state index in [1.54, 1.807) is 6.08 Å². The van der Waals surface area contributed by atoms with Gasteiger partial charge in [-0.05, 0) is 24.7 Å². The van der Waals surface area contributed by atoms with Gasteiger partial charge >= 0.3 is 6.18 Å². The fourth-order valence-electron chi connectivity index (χ4n) is 2.42. The average molecular weight is 176 g/mol. The fraction of sp³-hybridized carbons (Fsp3) is 0.778. The van der Waals surface area contributed by atoms with E-state index in [-0.39, 0.29) is 18.3 Å². The van der Waals surface area contributed by atoms with Crippen molar-refractivity contribution in [3.8, 4) is 0 Å². The third-order valence-electron chi connectivity index (χ3n) is 3.32. The highest BCUT2D eigenvalue weighted by Crippen LogP contribution is 2.59. The molecule has 12 heavy (non-hydrogen) atoms. The van der Waals surface area contributed by atoms with Crippen LogP contribution in [0.4, 0.5) is 13.2 Å². The first kappa shape index (κ1) is 8.14. The second-order valence-electron chi connectivity index (χ2n) is 4.11. The monoisotopic (exact) mass is 176 g/mol.